The van der Waals surface area contributed by atoms with E-state index in [1.807, 2.05) is 36.6 Å². The number of carbonyl (C=O) groups excluding carboxylic acids is 1. The van der Waals surface area contributed by atoms with Crippen LogP contribution in [0.1, 0.15) is 22.5 Å². The van der Waals surface area contributed by atoms with Crippen molar-refractivity contribution in [2.24, 2.45) is 0 Å². The number of nitrogens with zero attached hydrogens (tertiary/aromatic N) is 1. The van der Waals surface area contributed by atoms with Gasteiger partial charge in [0.1, 0.15) is 5.01 Å². The Bertz CT molecular complexity index is 611. The Kier molecular flexibility index (Phi) is 7.19. The highest BCUT2D eigenvalue weighted by Gasteiger charge is 2.07. The minimum absolute atomic E-state index is 0.0660. The quantitative estimate of drug-likeness (QED) is 0.716. The number of methoxy groups -OCH3 is 1. The van der Waals surface area contributed by atoms with Crippen molar-refractivity contribution < 1.29 is 14.3 Å². The second kappa shape index (κ2) is 9.39. The van der Waals surface area contributed by atoms with Crippen molar-refractivity contribution in [3.8, 4) is 10.6 Å². The molecule has 0 aliphatic rings. The van der Waals surface area contributed by atoms with E-state index in [0.29, 0.717) is 31.9 Å². The van der Waals surface area contributed by atoms with Crippen LogP contribution in [-0.4, -0.2) is 44.4 Å². The molecule has 1 aromatic heterocycles. The van der Waals surface area contributed by atoms with Gasteiger partial charge in [-0.25, -0.2) is 4.98 Å². The molecule has 0 radical (unpaired) electrons. The van der Waals surface area contributed by atoms with Gasteiger partial charge in [0.15, 0.2) is 0 Å². The molecular weight excluding hydrogens is 312 g/mol. The van der Waals surface area contributed by atoms with Crippen LogP contribution in [-0.2, 0) is 9.47 Å². The van der Waals surface area contributed by atoms with E-state index in [1.165, 1.54) is 0 Å². The van der Waals surface area contributed by atoms with Crippen molar-refractivity contribution in [3.05, 3.63) is 40.9 Å². The van der Waals surface area contributed by atoms with E-state index < -0.39 is 0 Å². The lowest BCUT2D eigenvalue weighted by Crippen LogP contribution is -2.25. The molecule has 0 spiro atoms. The van der Waals surface area contributed by atoms with E-state index in [4.69, 9.17) is 9.47 Å². The van der Waals surface area contributed by atoms with Gasteiger partial charge in [-0.15, -0.1) is 11.3 Å². The monoisotopic (exact) mass is 334 g/mol. The molecule has 124 valence electrons. The summed E-state index contributed by atoms with van der Waals surface area (Å²) in [5.74, 6) is -0.0660. The maximum absolute atomic E-state index is 12.0. The lowest BCUT2D eigenvalue weighted by Gasteiger charge is -2.06. The fourth-order valence-corrected chi connectivity index (χ4v) is 2.78. The first kappa shape index (κ1) is 17.6. The third-order valence-electron chi connectivity index (χ3n) is 3.20. The molecule has 0 unspecified atom stereocenters. The highest BCUT2D eigenvalue weighted by atomic mass is 32.1. The third-order valence-corrected chi connectivity index (χ3v) is 4.21. The second-order valence-corrected chi connectivity index (χ2v) is 5.94. The number of aromatic nitrogens is 1. The number of nitrogens with one attached hydrogen (secondary N) is 1. The Morgan fingerprint density at radius 1 is 1.22 bits per heavy atom. The maximum Gasteiger partial charge on any atom is 0.251 e. The highest BCUT2D eigenvalue weighted by Crippen LogP contribution is 2.23. The Morgan fingerprint density at radius 3 is 2.65 bits per heavy atom. The van der Waals surface area contributed by atoms with E-state index in [0.717, 1.165) is 22.7 Å². The minimum Gasteiger partial charge on any atom is -0.382 e. The van der Waals surface area contributed by atoms with Gasteiger partial charge in [0.2, 0.25) is 0 Å². The number of hydrogen-bond acceptors (Lipinski definition) is 5. The normalized spacial score (nSPS) is 10.7. The summed E-state index contributed by atoms with van der Waals surface area (Å²) in [7, 11) is 1.64. The zero-order valence-electron chi connectivity index (χ0n) is 13.5. The fourth-order valence-electron chi connectivity index (χ4n) is 1.97. The zero-order chi connectivity index (χ0) is 16.5. The number of ether oxygens (including phenoxy) is 2. The average Bonchev–Trinajstić information content (AvgIpc) is 3.00. The number of rotatable bonds is 9. The molecule has 0 saturated heterocycles. The van der Waals surface area contributed by atoms with Gasteiger partial charge in [-0.3, -0.25) is 4.79 Å². The summed E-state index contributed by atoms with van der Waals surface area (Å²) in [5, 5.41) is 5.88. The van der Waals surface area contributed by atoms with Crippen LogP contribution in [0.5, 0.6) is 0 Å². The van der Waals surface area contributed by atoms with Crippen LogP contribution in [0.25, 0.3) is 10.6 Å². The van der Waals surface area contributed by atoms with E-state index >= 15 is 0 Å². The molecule has 23 heavy (non-hydrogen) atoms. The summed E-state index contributed by atoms with van der Waals surface area (Å²) >= 11 is 1.61. The van der Waals surface area contributed by atoms with Gasteiger partial charge < -0.3 is 14.8 Å². The number of aryl methyl sites for hydroxylation is 1. The molecule has 2 aromatic rings. The largest absolute Gasteiger partial charge is 0.382 e. The van der Waals surface area contributed by atoms with Crippen molar-refractivity contribution in [2.75, 3.05) is 33.5 Å². The minimum atomic E-state index is -0.0660. The number of amides is 1. The summed E-state index contributed by atoms with van der Waals surface area (Å²) in [6.45, 7) is 4.37. The molecule has 0 atom stereocenters. The molecule has 0 bridgehead atoms. The summed E-state index contributed by atoms with van der Waals surface area (Å²) in [4.78, 5) is 16.5. The van der Waals surface area contributed by atoms with E-state index in [2.05, 4.69) is 10.3 Å². The van der Waals surface area contributed by atoms with Crippen LogP contribution in [0.15, 0.2) is 29.6 Å². The highest BCUT2D eigenvalue weighted by molar-refractivity contribution is 7.13. The van der Waals surface area contributed by atoms with Crippen molar-refractivity contribution in [3.63, 3.8) is 0 Å². The van der Waals surface area contributed by atoms with E-state index in [9.17, 15) is 4.79 Å². The smallest absolute Gasteiger partial charge is 0.251 e. The maximum atomic E-state index is 12.0. The van der Waals surface area contributed by atoms with Gasteiger partial charge in [0.25, 0.3) is 5.91 Å². The lowest BCUT2D eigenvalue weighted by atomic mass is 10.1. The first-order chi connectivity index (χ1) is 11.2. The molecule has 5 nitrogen and oxygen atoms in total. The standard InChI is InChI=1S/C17H22N2O3S/c1-13-12-23-17(19-13)15-6-4-14(5-7-15)16(20)18-8-3-9-22-11-10-21-2/h4-7,12H,3,8-11H2,1-2H3,(H,18,20). The molecule has 0 aliphatic heterocycles. The molecule has 1 aromatic carbocycles. The van der Waals surface area contributed by atoms with Crippen LogP contribution in [0, 0.1) is 6.92 Å². The predicted molar refractivity (Wildman–Crippen MR) is 91.9 cm³/mol. The summed E-state index contributed by atoms with van der Waals surface area (Å²) in [5.41, 5.74) is 2.70. The van der Waals surface area contributed by atoms with Crippen LogP contribution >= 0.6 is 11.3 Å². The molecule has 2 rings (SSSR count). The van der Waals surface area contributed by atoms with Crippen LogP contribution in [0.3, 0.4) is 0 Å². The van der Waals surface area contributed by atoms with Gasteiger partial charge >= 0.3 is 0 Å². The van der Waals surface area contributed by atoms with Gasteiger partial charge in [-0.1, -0.05) is 12.1 Å². The Balaban J connectivity index is 1.75. The molecule has 1 heterocycles. The van der Waals surface area contributed by atoms with Gasteiger partial charge in [-0.05, 0) is 25.5 Å². The SMILES string of the molecule is COCCOCCCNC(=O)c1ccc(-c2nc(C)cs2)cc1. The van der Waals surface area contributed by atoms with Crippen LogP contribution in [0.2, 0.25) is 0 Å². The third kappa shape index (κ3) is 5.74. The molecule has 0 aliphatic carbocycles. The van der Waals surface area contributed by atoms with Gasteiger partial charge in [0.05, 0.1) is 13.2 Å². The number of hydrogen-bond donors (Lipinski definition) is 1. The van der Waals surface area contributed by atoms with Crippen LogP contribution in [0.4, 0.5) is 0 Å². The van der Waals surface area contributed by atoms with Crippen molar-refractivity contribution in [1.29, 1.82) is 0 Å². The molecule has 1 amide bonds. The number of thiazole rings is 1. The summed E-state index contributed by atoms with van der Waals surface area (Å²) in [6, 6.07) is 7.52. The summed E-state index contributed by atoms with van der Waals surface area (Å²) < 4.78 is 10.2. The molecule has 6 heteroatoms. The van der Waals surface area contributed by atoms with Crippen molar-refractivity contribution >= 4 is 17.2 Å². The van der Waals surface area contributed by atoms with Crippen molar-refractivity contribution in [2.45, 2.75) is 13.3 Å². The number of benzene rings is 1. The molecule has 0 saturated carbocycles. The Morgan fingerprint density at radius 2 is 2.00 bits per heavy atom. The zero-order valence-corrected chi connectivity index (χ0v) is 14.3. The first-order valence-corrected chi connectivity index (χ1v) is 8.46. The number of carbonyl (C=O) groups is 1. The Hall–Kier alpha value is -1.76. The van der Waals surface area contributed by atoms with Gasteiger partial charge in [-0.2, -0.15) is 0 Å². The molecule has 1 N–H and O–H groups in total. The summed E-state index contributed by atoms with van der Waals surface area (Å²) in [6.07, 6.45) is 0.784. The van der Waals surface area contributed by atoms with E-state index in [1.54, 1.807) is 18.4 Å². The Labute approximate surface area is 140 Å². The van der Waals surface area contributed by atoms with Gasteiger partial charge in [0, 0.05) is 42.5 Å². The topological polar surface area (TPSA) is 60.5 Å². The average molecular weight is 334 g/mol. The lowest BCUT2D eigenvalue weighted by molar-refractivity contribution is 0.0688. The first-order valence-electron chi connectivity index (χ1n) is 7.58. The van der Waals surface area contributed by atoms with Crippen molar-refractivity contribution in [1.82, 2.24) is 10.3 Å². The molecule has 0 fully saturated rings. The predicted octanol–water partition coefficient (Wildman–Crippen LogP) is 2.90. The van der Waals surface area contributed by atoms with Crippen LogP contribution < -0.4 is 5.32 Å². The van der Waals surface area contributed by atoms with E-state index in [-0.39, 0.29) is 5.91 Å². The fraction of sp³-hybridized carbons (Fsp3) is 0.412. The second-order valence-electron chi connectivity index (χ2n) is 5.09. The molecular formula is C17H22N2O3S.